The lowest BCUT2D eigenvalue weighted by Crippen LogP contribution is -2.36. The maximum absolute atomic E-state index is 12.4. The van der Waals surface area contributed by atoms with E-state index in [0.29, 0.717) is 5.69 Å². The standard InChI is InChI=1S/C24H29F3N4O6/c1-5-17(28)20-16(18(32)13-35-19(33)12-30-22(34)37-23(2,3)4)10-11-29-21(20)31-14-6-8-15(9-7-14)36-24(25,26)27/h6-11,18,28,32H,5,12-13H2,1-4H3,(H,29,31)(H,30,34). The number of hydrogen-bond donors (Lipinski definition) is 4. The minimum atomic E-state index is -4.82. The zero-order chi connectivity index (χ0) is 27.8. The third-order valence-corrected chi connectivity index (χ3v) is 4.53. The van der Waals surface area contributed by atoms with E-state index >= 15 is 0 Å². The first-order chi connectivity index (χ1) is 17.2. The van der Waals surface area contributed by atoms with Gasteiger partial charge < -0.3 is 35.4 Å². The second-order valence-electron chi connectivity index (χ2n) is 8.71. The van der Waals surface area contributed by atoms with E-state index in [-0.39, 0.29) is 29.1 Å². The smallest absolute Gasteiger partial charge is 0.461 e. The number of alkyl carbamates (subject to hydrolysis) is 1. The van der Waals surface area contributed by atoms with Gasteiger partial charge in [0.15, 0.2) is 0 Å². The molecule has 202 valence electrons. The molecule has 37 heavy (non-hydrogen) atoms. The number of amides is 1. The van der Waals surface area contributed by atoms with Crippen LogP contribution in [0.4, 0.5) is 29.5 Å². The molecule has 0 aliphatic carbocycles. The third-order valence-electron chi connectivity index (χ3n) is 4.53. The van der Waals surface area contributed by atoms with Gasteiger partial charge in [-0.3, -0.25) is 4.79 Å². The SMILES string of the molecule is CCC(=N)c1c(C(O)COC(=O)CNC(=O)OC(C)(C)C)ccnc1Nc1ccc(OC(F)(F)F)cc1. The summed E-state index contributed by atoms with van der Waals surface area (Å²) < 4.78 is 51.1. The van der Waals surface area contributed by atoms with E-state index in [1.807, 2.05) is 0 Å². The lowest BCUT2D eigenvalue weighted by atomic mass is 9.98. The molecule has 1 aromatic carbocycles. The number of pyridine rings is 1. The molecule has 0 aliphatic heterocycles. The van der Waals surface area contributed by atoms with Crippen molar-refractivity contribution in [2.75, 3.05) is 18.5 Å². The quantitative estimate of drug-likeness (QED) is 0.260. The molecule has 1 unspecified atom stereocenters. The monoisotopic (exact) mass is 526 g/mol. The molecule has 2 aromatic rings. The number of hydrogen-bond acceptors (Lipinski definition) is 9. The summed E-state index contributed by atoms with van der Waals surface area (Å²) in [5.41, 5.74) is 0.222. The maximum Gasteiger partial charge on any atom is 0.573 e. The van der Waals surface area contributed by atoms with Crippen LogP contribution in [0.25, 0.3) is 0 Å². The lowest BCUT2D eigenvalue weighted by Gasteiger charge is -2.20. The molecule has 13 heteroatoms. The molecule has 0 saturated heterocycles. The minimum Gasteiger partial charge on any atom is -0.461 e. The van der Waals surface area contributed by atoms with Crippen LogP contribution in [0.2, 0.25) is 0 Å². The molecule has 1 amide bonds. The van der Waals surface area contributed by atoms with Crippen LogP contribution < -0.4 is 15.4 Å². The Balaban J connectivity index is 2.11. The molecule has 4 N–H and O–H groups in total. The van der Waals surface area contributed by atoms with Crippen molar-refractivity contribution in [3.63, 3.8) is 0 Å². The number of nitrogens with one attached hydrogen (secondary N) is 3. The minimum absolute atomic E-state index is 0.111. The van der Waals surface area contributed by atoms with Gasteiger partial charge in [0, 0.05) is 23.2 Å². The Morgan fingerprint density at radius 3 is 2.35 bits per heavy atom. The van der Waals surface area contributed by atoms with Crippen LogP contribution in [0.5, 0.6) is 5.75 Å². The number of benzene rings is 1. The van der Waals surface area contributed by atoms with Crippen LogP contribution in [0, 0.1) is 5.41 Å². The molecule has 1 aromatic heterocycles. The third kappa shape index (κ3) is 9.95. The van der Waals surface area contributed by atoms with Crippen LogP contribution in [-0.2, 0) is 14.3 Å². The van der Waals surface area contributed by atoms with Crippen LogP contribution in [0.3, 0.4) is 0 Å². The van der Waals surface area contributed by atoms with Gasteiger partial charge in [-0.15, -0.1) is 13.2 Å². The summed E-state index contributed by atoms with van der Waals surface area (Å²) in [5, 5.41) is 24.2. The first-order valence-corrected chi connectivity index (χ1v) is 11.2. The van der Waals surface area contributed by atoms with E-state index in [2.05, 4.69) is 20.4 Å². The van der Waals surface area contributed by atoms with Crippen molar-refractivity contribution in [1.29, 1.82) is 5.41 Å². The Bertz CT molecular complexity index is 1100. The van der Waals surface area contributed by atoms with Crippen LogP contribution in [-0.4, -0.2) is 53.0 Å². The number of anilines is 2. The molecule has 1 atom stereocenters. The number of aromatic nitrogens is 1. The number of aliphatic hydroxyl groups is 1. The molecule has 0 fully saturated rings. The maximum atomic E-state index is 12.4. The van der Waals surface area contributed by atoms with Gasteiger partial charge in [0.2, 0.25) is 0 Å². The van der Waals surface area contributed by atoms with Gasteiger partial charge in [-0.05, 0) is 63.1 Å². The summed E-state index contributed by atoms with van der Waals surface area (Å²) in [6.07, 6.45) is -5.32. The van der Waals surface area contributed by atoms with E-state index in [1.54, 1.807) is 27.7 Å². The van der Waals surface area contributed by atoms with Crippen molar-refractivity contribution in [3.8, 4) is 5.75 Å². The average Bonchev–Trinajstić information content (AvgIpc) is 2.79. The van der Waals surface area contributed by atoms with Crippen molar-refractivity contribution >= 4 is 29.3 Å². The fourth-order valence-corrected chi connectivity index (χ4v) is 2.99. The predicted molar refractivity (Wildman–Crippen MR) is 128 cm³/mol. The van der Waals surface area contributed by atoms with Crippen LogP contribution in [0.15, 0.2) is 36.5 Å². The highest BCUT2D eigenvalue weighted by molar-refractivity contribution is 6.04. The number of carbonyl (C=O) groups is 2. The number of rotatable bonds is 10. The first-order valence-electron chi connectivity index (χ1n) is 11.2. The van der Waals surface area contributed by atoms with Crippen molar-refractivity contribution in [2.45, 2.75) is 52.2 Å². The predicted octanol–water partition coefficient (Wildman–Crippen LogP) is 4.60. The van der Waals surface area contributed by atoms with Gasteiger partial charge in [0.05, 0.1) is 0 Å². The summed E-state index contributed by atoms with van der Waals surface area (Å²) in [6, 6.07) is 6.37. The van der Waals surface area contributed by atoms with E-state index in [1.165, 1.54) is 24.4 Å². The zero-order valence-corrected chi connectivity index (χ0v) is 20.7. The van der Waals surface area contributed by atoms with Gasteiger partial charge in [-0.1, -0.05) is 6.92 Å². The summed E-state index contributed by atoms with van der Waals surface area (Å²) in [5.74, 6) is -1.05. The molecular formula is C24H29F3N4O6. The van der Waals surface area contributed by atoms with Gasteiger partial charge in [0.25, 0.3) is 0 Å². The highest BCUT2D eigenvalue weighted by Gasteiger charge is 2.31. The summed E-state index contributed by atoms with van der Waals surface area (Å²) in [4.78, 5) is 27.9. The molecule has 10 nitrogen and oxygen atoms in total. The first kappa shape index (κ1) is 29.4. The number of halogens is 3. The Labute approximate surface area is 211 Å². The number of ether oxygens (including phenoxy) is 3. The molecule has 0 radical (unpaired) electrons. The zero-order valence-electron chi connectivity index (χ0n) is 20.7. The van der Waals surface area contributed by atoms with E-state index in [9.17, 15) is 27.9 Å². The van der Waals surface area contributed by atoms with Crippen LogP contribution >= 0.6 is 0 Å². The highest BCUT2D eigenvalue weighted by atomic mass is 19.4. The molecule has 1 heterocycles. The van der Waals surface area contributed by atoms with Gasteiger partial charge in [-0.2, -0.15) is 0 Å². The van der Waals surface area contributed by atoms with Crippen molar-refractivity contribution < 1.29 is 42.1 Å². The number of esters is 1. The van der Waals surface area contributed by atoms with Crippen molar-refractivity contribution in [1.82, 2.24) is 10.3 Å². The molecule has 0 bridgehead atoms. The number of aliphatic hydroxyl groups excluding tert-OH is 1. The van der Waals surface area contributed by atoms with Crippen LogP contribution in [0.1, 0.15) is 51.3 Å². The largest absolute Gasteiger partial charge is 0.573 e. The number of alkyl halides is 3. The second-order valence-corrected chi connectivity index (χ2v) is 8.71. The second kappa shape index (κ2) is 12.4. The topological polar surface area (TPSA) is 143 Å². The summed E-state index contributed by atoms with van der Waals surface area (Å²) in [7, 11) is 0. The van der Waals surface area contributed by atoms with Crippen molar-refractivity contribution in [3.05, 3.63) is 47.7 Å². The Morgan fingerprint density at radius 1 is 1.14 bits per heavy atom. The Morgan fingerprint density at radius 2 is 1.78 bits per heavy atom. The molecular weight excluding hydrogens is 497 g/mol. The molecule has 0 aliphatic rings. The molecule has 2 rings (SSSR count). The lowest BCUT2D eigenvalue weighted by molar-refractivity contribution is -0.274. The number of nitrogens with zero attached hydrogens (tertiary/aromatic N) is 1. The summed E-state index contributed by atoms with van der Waals surface area (Å²) >= 11 is 0. The highest BCUT2D eigenvalue weighted by Crippen LogP contribution is 2.29. The van der Waals surface area contributed by atoms with Gasteiger partial charge in [-0.25, -0.2) is 9.78 Å². The van der Waals surface area contributed by atoms with E-state index in [4.69, 9.17) is 14.9 Å². The molecule has 0 saturated carbocycles. The fourth-order valence-electron chi connectivity index (χ4n) is 2.99. The Hall–Kier alpha value is -3.87. The van der Waals surface area contributed by atoms with Gasteiger partial charge in [0.1, 0.15) is 36.4 Å². The number of carbonyl (C=O) groups excluding carboxylic acids is 2. The normalized spacial score (nSPS) is 12.3. The Kier molecular flexibility index (Phi) is 9.83. The summed E-state index contributed by atoms with van der Waals surface area (Å²) in [6.45, 7) is 5.79. The fraction of sp³-hybridized carbons (Fsp3) is 0.417. The van der Waals surface area contributed by atoms with Gasteiger partial charge >= 0.3 is 18.4 Å². The molecule has 0 spiro atoms. The average molecular weight is 527 g/mol. The van der Waals surface area contributed by atoms with E-state index in [0.717, 1.165) is 12.1 Å². The van der Waals surface area contributed by atoms with E-state index < -0.39 is 49.0 Å². The van der Waals surface area contributed by atoms with Crippen molar-refractivity contribution in [2.24, 2.45) is 0 Å².